The molecule has 3 nitrogen and oxygen atoms in total. The Morgan fingerprint density at radius 1 is 1.17 bits per heavy atom. The van der Waals surface area contributed by atoms with Crippen molar-refractivity contribution in [2.45, 2.75) is 25.4 Å². The van der Waals surface area contributed by atoms with Crippen molar-refractivity contribution in [1.82, 2.24) is 0 Å². The predicted molar refractivity (Wildman–Crippen MR) is 63.1 cm³/mol. The molecule has 0 bridgehead atoms. The number of hydrogen-bond acceptors (Lipinski definition) is 2. The minimum atomic E-state index is -4.86. The Morgan fingerprint density at radius 2 is 1.78 bits per heavy atom. The first-order valence-electron chi connectivity index (χ1n) is 5.60. The third kappa shape index (κ3) is 4.75. The van der Waals surface area contributed by atoms with E-state index in [1.54, 1.807) is 17.4 Å². The van der Waals surface area contributed by atoms with E-state index in [1.807, 2.05) is 0 Å². The van der Waals surface area contributed by atoms with E-state index in [4.69, 9.17) is 5.73 Å². The van der Waals surface area contributed by atoms with Gasteiger partial charge in [-0.25, -0.2) is 0 Å². The number of aryl methyl sites for hydroxylation is 1. The average molecular weight is 260 g/mol. The second-order valence-corrected chi connectivity index (χ2v) is 3.89. The molecule has 0 spiro atoms. The number of amides is 1. The van der Waals surface area contributed by atoms with Gasteiger partial charge in [-0.05, 0) is 43.5 Å². The van der Waals surface area contributed by atoms with Crippen LogP contribution in [0.4, 0.5) is 18.9 Å². The lowest BCUT2D eigenvalue weighted by Gasteiger charge is -2.08. The summed E-state index contributed by atoms with van der Waals surface area (Å²) < 4.78 is 36.0. The molecule has 0 saturated carbocycles. The molecular formula is C12H15F3N2O. The first-order chi connectivity index (χ1) is 8.43. The lowest BCUT2D eigenvalue weighted by Crippen LogP contribution is -2.29. The number of carbonyl (C=O) groups excluding carboxylic acids is 1. The van der Waals surface area contributed by atoms with Gasteiger partial charge in [0.05, 0.1) is 0 Å². The molecule has 0 heterocycles. The van der Waals surface area contributed by atoms with E-state index < -0.39 is 12.1 Å². The first kappa shape index (κ1) is 14.5. The molecular weight excluding hydrogens is 245 g/mol. The van der Waals surface area contributed by atoms with Crippen molar-refractivity contribution in [3.63, 3.8) is 0 Å². The van der Waals surface area contributed by atoms with Crippen LogP contribution in [-0.4, -0.2) is 18.6 Å². The molecule has 0 aromatic heterocycles. The SMILES string of the molecule is NCCCCc1ccc(NC(=O)C(F)(F)F)cc1. The van der Waals surface area contributed by atoms with E-state index in [0.717, 1.165) is 24.8 Å². The summed E-state index contributed by atoms with van der Waals surface area (Å²) in [4.78, 5) is 10.7. The second-order valence-electron chi connectivity index (χ2n) is 3.89. The van der Waals surface area contributed by atoms with Crippen LogP contribution in [0, 0.1) is 0 Å². The van der Waals surface area contributed by atoms with Crippen LogP contribution in [0.25, 0.3) is 0 Å². The normalized spacial score (nSPS) is 11.3. The Kier molecular flexibility index (Phi) is 5.15. The number of rotatable bonds is 5. The maximum absolute atomic E-state index is 12.0. The first-order valence-corrected chi connectivity index (χ1v) is 5.60. The summed E-state index contributed by atoms with van der Waals surface area (Å²) in [6, 6.07) is 6.31. The highest BCUT2D eigenvalue weighted by atomic mass is 19.4. The molecule has 1 amide bonds. The standard InChI is InChI=1S/C12H15F3N2O/c13-12(14,15)11(18)17-10-6-4-9(5-7-10)3-1-2-8-16/h4-7H,1-3,8,16H2,(H,17,18). The number of unbranched alkanes of at least 4 members (excludes halogenated alkanes) is 1. The number of halogens is 3. The van der Waals surface area contributed by atoms with Crippen molar-refractivity contribution >= 4 is 11.6 Å². The van der Waals surface area contributed by atoms with Crippen molar-refractivity contribution in [1.29, 1.82) is 0 Å². The number of alkyl halides is 3. The summed E-state index contributed by atoms with van der Waals surface area (Å²) in [6.45, 7) is 0.625. The Labute approximate surface area is 103 Å². The van der Waals surface area contributed by atoms with E-state index in [0.29, 0.717) is 6.54 Å². The molecule has 1 aromatic rings. The number of hydrogen-bond donors (Lipinski definition) is 2. The Morgan fingerprint density at radius 3 is 2.28 bits per heavy atom. The van der Waals surface area contributed by atoms with Crippen LogP contribution in [0.1, 0.15) is 18.4 Å². The van der Waals surface area contributed by atoms with Gasteiger partial charge in [-0.2, -0.15) is 13.2 Å². The molecule has 1 rings (SSSR count). The minimum absolute atomic E-state index is 0.139. The molecule has 6 heteroatoms. The Balaban J connectivity index is 2.53. The zero-order valence-corrected chi connectivity index (χ0v) is 9.76. The maximum Gasteiger partial charge on any atom is 0.471 e. The summed E-state index contributed by atoms with van der Waals surface area (Å²) in [5, 5.41) is 1.79. The number of anilines is 1. The van der Waals surface area contributed by atoms with Gasteiger partial charge in [-0.1, -0.05) is 12.1 Å². The van der Waals surface area contributed by atoms with Crippen molar-refractivity contribution in [3.8, 4) is 0 Å². The van der Waals surface area contributed by atoms with Crippen LogP contribution in [0.5, 0.6) is 0 Å². The molecule has 0 atom stereocenters. The number of carbonyl (C=O) groups is 1. The van der Waals surface area contributed by atoms with Crippen molar-refractivity contribution in [3.05, 3.63) is 29.8 Å². The highest BCUT2D eigenvalue weighted by Crippen LogP contribution is 2.18. The largest absolute Gasteiger partial charge is 0.471 e. The average Bonchev–Trinajstić information content (AvgIpc) is 2.30. The Hall–Kier alpha value is -1.56. The van der Waals surface area contributed by atoms with E-state index >= 15 is 0 Å². The zero-order valence-electron chi connectivity index (χ0n) is 9.76. The van der Waals surface area contributed by atoms with Gasteiger partial charge in [-0.3, -0.25) is 4.79 Å². The van der Waals surface area contributed by atoms with Crippen LogP contribution in [-0.2, 0) is 11.2 Å². The summed E-state index contributed by atoms with van der Waals surface area (Å²) in [5.41, 5.74) is 6.50. The second kappa shape index (κ2) is 6.39. The maximum atomic E-state index is 12.0. The highest BCUT2D eigenvalue weighted by Gasteiger charge is 2.38. The summed E-state index contributed by atoms with van der Waals surface area (Å²) in [5.74, 6) is -1.96. The molecule has 0 fully saturated rings. The van der Waals surface area contributed by atoms with Crippen LogP contribution in [0.3, 0.4) is 0 Å². The quantitative estimate of drug-likeness (QED) is 0.799. The number of benzene rings is 1. The van der Waals surface area contributed by atoms with Crippen LogP contribution >= 0.6 is 0 Å². The molecule has 0 aliphatic heterocycles. The number of nitrogens with two attached hydrogens (primary N) is 1. The monoisotopic (exact) mass is 260 g/mol. The minimum Gasteiger partial charge on any atom is -0.330 e. The predicted octanol–water partition coefficient (Wildman–Crippen LogP) is 2.47. The molecule has 18 heavy (non-hydrogen) atoms. The molecule has 100 valence electrons. The molecule has 0 radical (unpaired) electrons. The van der Waals surface area contributed by atoms with E-state index in [-0.39, 0.29) is 5.69 Å². The third-order valence-corrected chi connectivity index (χ3v) is 2.39. The van der Waals surface area contributed by atoms with Gasteiger partial charge in [-0.15, -0.1) is 0 Å². The fraction of sp³-hybridized carbons (Fsp3) is 0.417. The fourth-order valence-electron chi connectivity index (χ4n) is 1.43. The molecule has 0 saturated heterocycles. The molecule has 3 N–H and O–H groups in total. The fourth-order valence-corrected chi connectivity index (χ4v) is 1.43. The van der Waals surface area contributed by atoms with Gasteiger partial charge >= 0.3 is 12.1 Å². The van der Waals surface area contributed by atoms with E-state index in [1.165, 1.54) is 12.1 Å². The van der Waals surface area contributed by atoms with E-state index in [9.17, 15) is 18.0 Å². The van der Waals surface area contributed by atoms with Crippen LogP contribution in [0.15, 0.2) is 24.3 Å². The van der Waals surface area contributed by atoms with Crippen LogP contribution < -0.4 is 11.1 Å². The zero-order chi connectivity index (χ0) is 13.6. The summed E-state index contributed by atoms with van der Waals surface area (Å²) >= 11 is 0. The number of nitrogens with one attached hydrogen (secondary N) is 1. The lowest BCUT2D eigenvalue weighted by atomic mass is 10.1. The van der Waals surface area contributed by atoms with Gasteiger partial charge in [0.1, 0.15) is 0 Å². The van der Waals surface area contributed by atoms with Crippen LogP contribution in [0.2, 0.25) is 0 Å². The Bertz CT molecular complexity index is 387. The molecule has 0 unspecified atom stereocenters. The highest BCUT2D eigenvalue weighted by molar-refractivity contribution is 5.94. The van der Waals surface area contributed by atoms with Gasteiger partial charge in [0.25, 0.3) is 0 Å². The third-order valence-electron chi connectivity index (χ3n) is 2.39. The van der Waals surface area contributed by atoms with Gasteiger partial charge in [0.2, 0.25) is 0 Å². The molecule has 0 aliphatic carbocycles. The molecule has 0 aliphatic rings. The van der Waals surface area contributed by atoms with Crippen molar-refractivity contribution < 1.29 is 18.0 Å². The lowest BCUT2D eigenvalue weighted by molar-refractivity contribution is -0.167. The smallest absolute Gasteiger partial charge is 0.330 e. The van der Waals surface area contributed by atoms with Gasteiger partial charge in [0, 0.05) is 5.69 Å². The van der Waals surface area contributed by atoms with E-state index in [2.05, 4.69) is 0 Å². The summed E-state index contributed by atoms with van der Waals surface area (Å²) in [7, 11) is 0. The van der Waals surface area contributed by atoms with Crippen molar-refractivity contribution in [2.75, 3.05) is 11.9 Å². The summed E-state index contributed by atoms with van der Waals surface area (Å²) in [6.07, 6.45) is -2.19. The topological polar surface area (TPSA) is 55.1 Å². The van der Waals surface area contributed by atoms with Crippen molar-refractivity contribution in [2.24, 2.45) is 5.73 Å². The van der Waals surface area contributed by atoms with Gasteiger partial charge in [0.15, 0.2) is 0 Å². The molecule has 1 aromatic carbocycles. The van der Waals surface area contributed by atoms with Gasteiger partial charge < -0.3 is 11.1 Å².